The third-order valence-corrected chi connectivity index (χ3v) is 4.77. The van der Waals surface area contributed by atoms with E-state index in [0.29, 0.717) is 35.5 Å². The zero-order valence-corrected chi connectivity index (χ0v) is 15.5. The first kappa shape index (κ1) is 18.7. The molecule has 0 N–H and O–H groups in total. The fourth-order valence-corrected chi connectivity index (χ4v) is 3.32. The number of aryl methyl sites for hydroxylation is 1. The average molecular weight is 388 g/mol. The summed E-state index contributed by atoms with van der Waals surface area (Å²) in [5, 5.41) is 11.4. The summed E-state index contributed by atoms with van der Waals surface area (Å²) in [5.41, 5.74) is 0.880. The monoisotopic (exact) mass is 388 g/mol. The Bertz CT molecular complexity index is 900. The zero-order valence-electron chi connectivity index (χ0n) is 14.7. The fourth-order valence-electron chi connectivity index (χ4n) is 2.46. The van der Waals surface area contributed by atoms with Crippen LogP contribution in [0.25, 0.3) is 0 Å². The number of ether oxygens (including phenoxy) is 4. The molecule has 2 aromatic rings. The summed E-state index contributed by atoms with van der Waals surface area (Å²) in [5.74, 6) is -1.22. The minimum absolute atomic E-state index is 0.155. The molecule has 140 valence electrons. The number of aromatic nitrogens is 1. The van der Waals surface area contributed by atoms with E-state index in [9.17, 15) is 14.9 Å². The highest BCUT2D eigenvalue weighted by Crippen LogP contribution is 2.40. The van der Waals surface area contributed by atoms with Crippen molar-refractivity contribution in [2.75, 3.05) is 26.9 Å². The maximum atomic E-state index is 12.3. The predicted molar refractivity (Wildman–Crippen MR) is 94.5 cm³/mol. The summed E-state index contributed by atoms with van der Waals surface area (Å²) in [6.07, 6.45) is 0. The Kier molecular flexibility index (Phi) is 5.57. The van der Waals surface area contributed by atoms with E-state index in [-0.39, 0.29) is 5.56 Å². The largest absolute Gasteiger partial charge is 0.493 e. The summed E-state index contributed by atoms with van der Waals surface area (Å²) < 4.78 is 21.2. The van der Waals surface area contributed by atoms with Crippen molar-refractivity contribution in [3.8, 4) is 23.3 Å². The van der Waals surface area contributed by atoms with E-state index in [4.69, 9.17) is 18.9 Å². The molecule has 0 unspecified atom stereocenters. The number of ketones is 1. The van der Waals surface area contributed by atoms with Gasteiger partial charge in [0.25, 0.3) is 0 Å². The van der Waals surface area contributed by atoms with Crippen LogP contribution >= 0.6 is 11.3 Å². The third-order valence-electron chi connectivity index (χ3n) is 3.74. The predicted octanol–water partition coefficient (Wildman–Crippen LogP) is 2.26. The molecule has 1 aromatic heterocycles. The van der Waals surface area contributed by atoms with E-state index in [0.717, 1.165) is 5.69 Å². The summed E-state index contributed by atoms with van der Waals surface area (Å²) in [6, 6.07) is 4.82. The summed E-state index contributed by atoms with van der Waals surface area (Å²) in [4.78, 5) is 28.8. The number of carbonyl (C=O) groups excluding carboxylic acids is 2. The Morgan fingerprint density at radius 3 is 2.81 bits per heavy atom. The normalized spacial score (nSPS) is 13.4. The van der Waals surface area contributed by atoms with E-state index in [2.05, 4.69) is 4.98 Å². The molecule has 1 atom stereocenters. The van der Waals surface area contributed by atoms with Gasteiger partial charge in [0, 0.05) is 11.1 Å². The second kappa shape index (κ2) is 8.05. The fraction of sp³-hybridized carbons (Fsp3) is 0.333. The molecule has 0 saturated carbocycles. The molecule has 1 aliphatic rings. The van der Waals surface area contributed by atoms with Crippen LogP contribution < -0.4 is 14.2 Å². The number of fused-ring (bicyclic) bond motifs is 1. The van der Waals surface area contributed by atoms with Gasteiger partial charge in [0.1, 0.15) is 18.2 Å². The molecule has 2 heterocycles. The van der Waals surface area contributed by atoms with Gasteiger partial charge in [0.05, 0.1) is 18.7 Å². The van der Waals surface area contributed by atoms with Gasteiger partial charge in [-0.05, 0) is 19.1 Å². The maximum absolute atomic E-state index is 12.3. The second-order valence-electron chi connectivity index (χ2n) is 5.63. The Morgan fingerprint density at radius 1 is 1.37 bits per heavy atom. The Labute approximate surface area is 159 Å². The number of esters is 1. The standard InChI is InChI=1S/C18H16N2O6S/c1-10-9-27-17(20-10)12(7-19)13(21)8-26-18(22)11-5-14(23-2)16-15(6-11)24-3-4-25-16/h5-6,9,12H,3-4,8H2,1-2H3/t12-/m1/s1. The van der Waals surface area contributed by atoms with Crippen molar-refractivity contribution in [1.29, 1.82) is 5.26 Å². The van der Waals surface area contributed by atoms with Crippen molar-refractivity contribution in [2.45, 2.75) is 12.8 Å². The van der Waals surface area contributed by atoms with Gasteiger partial charge in [0.2, 0.25) is 5.75 Å². The number of nitriles is 1. The zero-order chi connectivity index (χ0) is 19.4. The number of Topliss-reactive ketones (excluding diaryl/α,β-unsaturated/α-hetero) is 1. The van der Waals surface area contributed by atoms with Crippen molar-refractivity contribution < 1.29 is 28.5 Å². The van der Waals surface area contributed by atoms with Gasteiger partial charge in [0.15, 0.2) is 29.8 Å². The Balaban J connectivity index is 1.70. The molecule has 0 spiro atoms. The molecule has 0 amide bonds. The quantitative estimate of drug-likeness (QED) is 0.694. The molecule has 0 radical (unpaired) electrons. The first-order chi connectivity index (χ1) is 13.0. The molecule has 8 nitrogen and oxygen atoms in total. The Hall–Kier alpha value is -3.12. The van der Waals surface area contributed by atoms with Crippen LogP contribution in [0.1, 0.15) is 27.0 Å². The van der Waals surface area contributed by atoms with Crippen LogP contribution in [0.15, 0.2) is 17.5 Å². The van der Waals surface area contributed by atoms with Crippen molar-refractivity contribution in [3.63, 3.8) is 0 Å². The van der Waals surface area contributed by atoms with Crippen molar-refractivity contribution in [3.05, 3.63) is 33.8 Å². The van der Waals surface area contributed by atoms with Crippen LogP contribution in [-0.4, -0.2) is 43.7 Å². The van der Waals surface area contributed by atoms with Crippen LogP contribution in [0.5, 0.6) is 17.2 Å². The molecular weight excluding hydrogens is 372 g/mol. The molecule has 0 bridgehead atoms. The van der Waals surface area contributed by atoms with Crippen LogP contribution in [-0.2, 0) is 9.53 Å². The minimum atomic E-state index is -1.06. The molecule has 3 rings (SSSR count). The highest BCUT2D eigenvalue weighted by atomic mass is 32.1. The second-order valence-corrected chi connectivity index (χ2v) is 6.52. The molecule has 1 aromatic carbocycles. The van der Waals surface area contributed by atoms with Gasteiger partial charge in [-0.15, -0.1) is 11.3 Å². The van der Waals surface area contributed by atoms with Gasteiger partial charge in [-0.25, -0.2) is 9.78 Å². The lowest BCUT2D eigenvalue weighted by Gasteiger charge is -2.21. The number of benzene rings is 1. The molecule has 1 aliphatic heterocycles. The molecule has 0 fully saturated rings. The highest BCUT2D eigenvalue weighted by molar-refractivity contribution is 7.09. The molecular formula is C18H16N2O6S. The van der Waals surface area contributed by atoms with E-state index in [1.807, 2.05) is 6.07 Å². The van der Waals surface area contributed by atoms with Crippen LogP contribution in [0.3, 0.4) is 0 Å². The van der Waals surface area contributed by atoms with E-state index in [1.54, 1.807) is 12.3 Å². The number of hydrogen-bond acceptors (Lipinski definition) is 9. The van der Waals surface area contributed by atoms with Gasteiger partial charge in [-0.3, -0.25) is 4.79 Å². The van der Waals surface area contributed by atoms with Crippen LogP contribution in [0, 0.1) is 18.3 Å². The first-order valence-corrected chi connectivity index (χ1v) is 8.90. The SMILES string of the molecule is COc1cc(C(=O)OCC(=O)[C@@H](C#N)c2nc(C)cs2)cc2c1OCCO2. The van der Waals surface area contributed by atoms with E-state index < -0.39 is 24.3 Å². The number of hydrogen-bond donors (Lipinski definition) is 0. The minimum Gasteiger partial charge on any atom is -0.493 e. The third kappa shape index (κ3) is 4.01. The lowest BCUT2D eigenvalue weighted by Crippen LogP contribution is -2.20. The van der Waals surface area contributed by atoms with Crippen LogP contribution in [0.2, 0.25) is 0 Å². The number of carbonyl (C=O) groups is 2. The van der Waals surface area contributed by atoms with Crippen molar-refractivity contribution >= 4 is 23.1 Å². The smallest absolute Gasteiger partial charge is 0.338 e. The number of nitrogens with zero attached hydrogens (tertiary/aromatic N) is 2. The van der Waals surface area contributed by atoms with Crippen LogP contribution in [0.4, 0.5) is 0 Å². The van der Waals surface area contributed by atoms with Crippen molar-refractivity contribution in [2.24, 2.45) is 0 Å². The summed E-state index contributed by atoms with van der Waals surface area (Å²) in [6.45, 7) is 1.97. The maximum Gasteiger partial charge on any atom is 0.338 e. The van der Waals surface area contributed by atoms with E-state index >= 15 is 0 Å². The van der Waals surface area contributed by atoms with Gasteiger partial charge >= 0.3 is 5.97 Å². The number of rotatable bonds is 6. The summed E-state index contributed by atoms with van der Waals surface area (Å²) >= 11 is 1.22. The first-order valence-electron chi connectivity index (χ1n) is 8.02. The lowest BCUT2D eigenvalue weighted by molar-refractivity contribution is -0.122. The lowest BCUT2D eigenvalue weighted by atomic mass is 10.1. The number of thiazole rings is 1. The van der Waals surface area contributed by atoms with E-state index in [1.165, 1.54) is 30.6 Å². The topological polar surface area (TPSA) is 108 Å². The Morgan fingerprint density at radius 2 is 2.15 bits per heavy atom. The highest BCUT2D eigenvalue weighted by Gasteiger charge is 2.26. The summed E-state index contributed by atoms with van der Waals surface area (Å²) in [7, 11) is 1.44. The van der Waals surface area contributed by atoms with Gasteiger partial charge in [-0.2, -0.15) is 5.26 Å². The number of methoxy groups -OCH3 is 1. The molecule has 9 heteroatoms. The average Bonchev–Trinajstić information content (AvgIpc) is 3.11. The van der Waals surface area contributed by atoms with Gasteiger partial charge < -0.3 is 18.9 Å². The molecule has 0 aliphatic carbocycles. The molecule has 27 heavy (non-hydrogen) atoms. The molecule has 0 saturated heterocycles. The van der Waals surface area contributed by atoms with Crippen molar-refractivity contribution in [1.82, 2.24) is 4.98 Å². The van der Waals surface area contributed by atoms with Gasteiger partial charge in [-0.1, -0.05) is 0 Å².